The van der Waals surface area contributed by atoms with E-state index in [1.165, 1.54) is 12.1 Å². The highest BCUT2D eigenvalue weighted by atomic mass is 35.5. The Balaban J connectivity index is 2.25. The lowest BCUT2D eigenvalue weighted by Gasteiger charge is -2.07. The van der Waals surface area contributed by atoms with Crippen molar-refractivity contribution in [1.82, 2.24) is 0 Å². The van der Waals surface area contributed by atoms with Gasteiger partial charge in [0.1, 0.15) is 0 Å². The second-order valence-electron chi connectivity index (χ2n) is 4.27. The van der Waals surface area contributed by atoms with E-state index in [-0.39, 0.29) is 22.9 Å². The van der Waals surface area contributed by atoms with Gasteiger partial charge in [-0.1, -0.05) is 23.7 Å². The maximum absolute atomic E-state index is 12.1. The number of nitro groups is 1. The summed E-state index contributed by atoms with van der Waals surface area (Å²) in [5.74, 6) is -0.518. The van der Waals surface area contributed by atoms with Crippen LogP contribution >= 0.6 is 11.6 Å². The van der Waals surface area contributed by atoms with Crippen molar-refractivity contribution in [2.75, 3.05) is 5.32 Å². The number of carbonyl (C=O) groups excluding carboxylic acids is 1. The fourth-order valence-electron chi connectivity index (χ4n) is 1.76. The first-order chi connectivity index (χ1) is 9.99. The van der Waals surface area contributed by atoms with Crippen molar-refractivity contribution >= 4 is 28.9 Å². The molecule has 0 saturated heterocycles. The van der Waals surface area contributed by atoms with Gasteiger partial charge in [0.25, 0.3) is 11.6 Å². The van der Waals surface area contributed by atoms with Crippen LogP contribution in [0.1, 0.15) is 15.9 Å². The van der Waals surface area contributed by atoms with E-state index in [9.17, 15) is 14.9 Å². The van der Waals surface area contributed by atoms with E-state index >= 15 is 0 Å². The van der Waals surface area contributed by atoms with Gasteiger partial charge in [-0.3, -0.25) is 14.9 Å². The third-order valence-electron chi connectivity index (χ3n) is 2.72. The zero-order valence-electron chi connectivity index (χ0n) is 10.7. The summed E-state index contributed by atoms with van der Waals surface area (Å²) in [6.07, 6.45) is 0. The average Bonchev–Trinajstić information content (AvgIpc) is 2.46. The van der Waals surface area contributed by atoms with Crippen molar-refractivity contribution in [3.05, 3.63) is 68.7 Å². The lowest BCUT2D eigenvalue weighted by molar-refractivity contribution is -0.384. The summed E-state index contributed by atoms with van der Waals surface area (Å²) >= 11 is 5.77. The lowest BCUT2D eigenvalue weighted by atomic mass is 10.1. The van der Waals surface area contributed by atoms with E-state index in [0.29, 0.717) is 11.3 Å². The number of aliphatic hydroxyl groups is 1. The molecule has 2 N–H and O–H groups in total. The molecule has 0 heterocycles. The molecule has 1 amide bonds. The molecule has 0 atom stereocenters. The molecule has 0 fully saturated rings. The Labute approximate surface area is 125 Å². The minimum Gasteiger partial charge on any atom is -0.392 e. The number of benzene rings is 2. The second kappa shape index (κ2) is 6.34. The van der Waals surface area contributed by atoms with Gasteiger partial charge in [0.15, 0.2) is 0 Å². The minimum absolute atomic E-state index is 0.0867. The van der Waals surface area contributed by atoms with Gasteiger partial charge in [-0.2, -0.15) is 0 Å². The van der Waals surface area contributed by atoms with Crippen LogP contribution < -0.4 is 5.32 Å². The SMILES string of the molecule is O=C(Nc1cccc(CO)c1)c1cc(Cl)cc([N+](=O)[O-])c1. The molecule has 0 saturated carbocycles. The van der Waals surface area contributed by atoms with Crippen molar-refractivity contribution < 1.29 is 14.8 Å². The highest BCUT2D eigenvalue weighted by molar-refractivity contribution is 6.31. The molecule has 0 aromatic heterocycles. The summed E-state index contributed by atoms with van der Waals surface area (Å²) in [6, 6.07) is 10.3. The Kier molecular flexibility index (Phi) is 4.52. The fraction of sp³-hybridized carbons (Fsp3) is 0.0714. The second-order valence-corrected chi connectivity index (χ2v) is 4.70. The van der Waals surface area contributed by atoms with Gasteiger partial charge in [-0.25, -0.2) is 0 Å². The summed E-state index contributed by atoms with van der Waals surface area (Å²) < 4.78 is 0. The van der Waals surface area contributed by atoms with Crippen molar-refractivity contribution in [1.29, 1.82) is 0 Å². The van der Waals surface area contributed by atoms with Crippen molar-refractivity contribution in [3.63, 3.8) is 0 Å². The normalized spacial score (nSPS) is 10.2. The number of hydrogen-bond donors (Lipinski definition) is 2. The first-order valence-corrected chi connectivity index (χ1v) is 6.33. The molecule has 108 valence electrons. The predicted molar refractivity (Wildman–Crippen MR) is 78.4 cm³/mol. The first kappa shape index (κ1) is 15.0. The van der Waals surface area contributed by atoms with Crippen molar-refractivity contribution in [3.8, 4) is 0 Å². The number of nitrogens with zero attached hydrogens (tertiary/aromatic N) is 1. The smallest absolute Gasteiger partial charge is 0.271 e. The number of carbonyl (C=O) groups is 1. The topological polar surface area (TPSA) is 92.5 Å². The molecular weight excluding hydrogens is 296 g/mol. The van der Waals surface area contributed by atoms with Gasteiger partial charge in [0.05, 0.1) is 11.5 Å². The maximum atomic E-state index is 12.1. The molecule has 21 heavy (non-hydrogen) atoms. The van der Waals surface area contributed by atoms with E-state index in [1.807, 2.05) is 0 Å². The molecule has 2 aromatic carbocycles. The molecule has 0 bridgehead atoms. The number of amides is 1. The number of anilines is 1. The number of aliphatic hydroxyl groups excluding tert-OH is 1. The number of non-ortho nitro benzene ring substituents is 1. The van der Waals surface area contributed by atoms with Crippen molar-refractivity contribution in [2.24, 2.45) is 0 Å². The summed E-state index contributed by atoms with van der Waals surface area (Å²) in [6.45, 7) is -0.146. The number of nitrogens with one attached hydrogen (secondary N) is 1. The zero-order chi connectivity index (χ0) is 15.4. The number of rotatable bonds is 4. The Bertz CT molecular complexity index is 703. The monoisotopic (exact) mass is 306 g/mol. The first-order valence-electron chi connectivity index (χ1n) is 5.96. The Morgan fingerprint density at radius 1 is 1.29 bits per heavy atom. The van der Waals surface area contributed by atoms with Gasteiger partial charge < -0.3 is 10.4 Å². The molecule has 7 heteroatoms. The minimum atomic E-state index is -0.616. The molecule has 0 radical (unpaired) electrons. The summed E-state index contributed by atoms with van der Waals surface area (Å²) in [4.78, 5) is 22.2. The molecule has 0 aliphatic rings. The molecule has 2 aromatic rings. The molecule has 0 aliphatic heterocycles. The van der Waals surface area contributed by atoms with Crippen LogP contribution in [0.25, 0.3) is 0 Å². The van der Waals surface area contributed by atoms with Crippen LogP contribution in [0.15, 0.2) is 42.5 Å². The van der Waals surface area contributed by atoms with E-state index in [1.54, 1.807) is 24.3 Å². The van der Waals surface area contributed by atoms with Gasteiger partial charge in [-0.15, -0.1) is 0 Å². The molecule has 0 aliphatic carbocycles. The predicted octanol–water partition coefficient (Wildman–Crippen LogP) is 2.99. The van der Waals surface area contributed by atoms with Gasteiger partial charge in [-0.05, 0) is 23.8 Å². The quantitative estimate of drug-likeness (QED) is 0.671. The number of hydrogen-bond acceptors (Lipinski definition) is 4. The zero-order valence-corrected chi connectivity index (χ0v) is 11.5. The highest BCUT2D eigenvalue weighted by Crippen LogP contribution is 2.22. The molecule has 2 rings (SSSR count). The fourth-order valence-corrected chi connectivity index (χ4v) is 1.99. The third kappa shape index (κ3) is 3.77. The molecule has 6 nitrogen and oxygen atoms in total. The van der Waals surface area contributed by atoms with Gasteiger partial charge >= 0.3 is 0 Å². The molecule has 0 spiro atoms. The summed E-state index contributed by atoms with van der Waals surface area (Å²) in [5, 5.41) is 22.5. The van der Waals surface area contributed by atoms with Crippen molar-refractivity contribution in [2.45, 2.75) is 6.61 Å². The van der Waals surface area contributed by atoms with Crippen LogP contribution in [0, 0.1) is 10.1 Å². The number of nitro benzene ring substituents is 1. The highest BCUT2D eigenvalue weighted by Gasteiger charge is 2.14. The largest absolute Gasteiger partial charge is 0.392 e. The van der Waals surface area contributed by atoms with Gasteiger partial charge in [0, 0.05) is 28.4 Å². The van der Waals surface area contributed by atoms with Gasteiger partial charge in [0.2, 0.25) is 0 Å². The van der Waals surface area contributed by atoms with Crippen LogP contribution in [0.5, 0.6) is 0 Å². The van der Waals surface area contributed by atoms with Crippen LogP contribution in [-0.2, 0) is 6.61 Å². The van der Waals surface area contributed by atoms with E-state index < -0.39 is 10.8 Å². The summed E-state index contributed by atoms with van der Waals surface area (Å²) in [7, 11) is 0. The lowest BCUT2D eigenvalue weighted by Crippen LogP contribution is -2.12. The van der Waals surface area contributed by atoms with Crippen LogP contribution in [0.4, 0.5) is 11.4 Å². The van der Waals surface area contributed by atoms with E-state index in [2.05, 4.69) is 5.32 Å². The number of halogens is 1. The standard InChI is InChI=1S/C14H11ClN2O4/c15-11-5-10(6-13(7-11)17(20)21)14(19)16-12-3-1-2-9(4-12)8-18/h1-7,18H,8H2,(H,16,19). The maximum Gasteiger partial charge on any atom is 0.271 e. The Morgan fingerprint density at radius 3 is 2.71 bits per heavy atom. The van der Waals surface area contributed by atoms with E-state index in [0.717, 1.165) is 6.07 Å². The third-order valence-corrected chi connectivity index (χ3v) is 2.94. The van der Waals surface area contributed by atoms with E-state index in [4.69, 9.17) is 16.7 Å². The Morgan fingerprint density at radius 2 is 2.05 bits per heavy atom. The average molecular weight is 307 g/mol. The molecule has 0 unspecified atom stereocenters. The van der Waals surface area contributed by atoms with Crippen LogP contribution in [0.2, 0.25) is 5.02 Å². The Hall–Kier alpha value is -2.44. The summed E-state index contributed by atoms with van der Waals surface area (Å²) in [5.41, 5.74) is 0.958. The molecular formula is C14H11ClN2O4. The van der Waals surface area contributed by atoms with Crippen LogP contribution in [0.3, 0.4) is 0 Å². The van der Waals surface area contributed by atoms with Crippen LogP contribution in [-0.4, -0.2) is 15.9 Å².